The molecule has 0 radical (unpaired) electrons. The average Bonchev–Trinajstić information content (AvgIpc) is 2.39. The van der Waals surface area contributed by atoms with E-state index in [9.17, 15) is 0 Å². The van der Waals surface area contributed by atoms with Gasteiger partial charge in [0.05, 0.1) is 0 Å². The Bertz CT molecular complexity index is 417. The van der Waals surface area contributed by atoms with Crippen molar-refractivity contribution >= 4 is 13.9 Å². The molecule has 2 nitrogen and oxygen atoms in total. The zero-order valence-corrected chi connectivity index (χ0v) is 14.0. The lowest BCUT2D eigenvalue weighted by Gasteiger charge is -2.28. The van der Waals surface area contributed by atoms with Gasteiger partial charge in [0.15, 0.2) is 0 Å². The average molecular weight is 278 g/mol. The summed E-state index contributed by atoms with van der Waals surface area (Å²) >= 11 is 0. The van der Waals surface area contributed by atoms with E-state index < -0.39 is 0 Å². The van der Waals surface area contributed by atoms with Crippen LogP contribution in [-0.2, 0) is 6.42 Å². The van der Waals surface area contributed by atoms with Gasteiger partial charge in [-0.05, 0) is 31.4 Å². The first-order valence-electron chi connectivity index (χ1n) is 7.11. The van der Waals surface area contributed by atoms with Crippen LogP contribution >= 0.6 is 8.07 Å². The van der Waals surface area contributed by atoms with Crippen molar-refractivity contribution in [2.24, 2.45) is 4.99 Å². The zero-order valence-electron chi connectivity index (χ0n) is 13.1. The molecule has 0 aliphatic heterocycles. The molecular formula is C16H27N2P. The maximum Gasteiger partial charge on any atom is 0.131 e. The molecule has 0 unspecified atom stereocenters. The molecule has 1 N–H and O–H groups in total. The number of aryl methyl sites for hydroxylation is 1. The number of rotatable bonds is 5. The van der Waals surface area contributed by atoms with Gasteiger partial charge in [-0.25, -0.2) is 0 Å². The predicted octanol–water partition coefficient (Wildman–Crippen LogP) is 4.43. The van der Waals surface area contributed by atoms with Crippen LogP contribution in [-0.4, -0.2) is 24.2 Å². The van der Waals surface area contributed by atoms with Gasteiger partial charge in [0, 0.05) is 12.6 Å². The third-order valence-corrected chi connectivity index (χ3v) is 5.92. The predicted molar refractivity (Wildman–Crippen MR) is 88.6 cm³/mol. The van der Waals surface area contributed by atoms with E-state index in [4.69, 9.17) is 0 Å². The summed E-state index contributed by atoms with van der Waals surface area (Å²) < 4.78 is 0. The number of benzene rings is 1. The SMILES string of the molecule is CCc1ccccc1C(=NC)NP(C(C)C)C(C)C. The Hall–Kier alpha value is -0.880. The maximum atomic E-state index is 4.49. The van der Waals surface area contributed by atoms with Gasteiger partial charge in [0.2, 0.25) is 0 Å². The van der Waals surface area contributed by atoms with Crippen molar-refractivity contribution < 1.29 is 0 Å². The fourth-order valence-corrected chi connectivity index (χ4v) is 4.44. The topological polar surface area (TPSA) is 24.4 Å². The number of nitrogens with zero attached hydrogens (tertiary/aromatic N) is 1. The Labute approximate surface area is 119 Å². The number of aliphatic imine (C=N–C) groups is 1. The van der Waals surface area contributed by atoms with Crippen LogP contribution in [0.5, 0.6) is 0 Å². The van der Waals surface area contributed by atoms with Gasteiger partial charge in [-0.3, -0.25) is 4.99 Å². The summed E-state index contributed by atoms with van der Waals surface area (Å²) in [6, 6.07) is 8.55. The molecule has 0 spiro atoms. The van der Waals surface area contributed by atoms with E-state index in [1.807, 2.05) is 7.05 Å². The fourth-order valence-electron chi connectivity index (χ4n) is 2.27. The van der Waals surface area contributed by atoms with Crippen molar-refractivity contribution in [3.8, 4) is 0 Å². The number of nitrogens with one attached hydrogen (secondary N) is 1. The molecule has 0 aliphatic rings. The molecule has 106 valence electrons. The second-order valence-electron chi connectivity index (χ2n) is 5.29. The van der Waals surface area contributed by atoms with Crippen LogP contribution in [0, 0.1) is 0 Å². The summed E-state index contributed by atoms with van der Waals surface area (Å²) in [4.78, 5) is 4.49. The summed E-state index contributed by atoms with van der Waals surface area (Å²) in [5.41, 5.74) is 3.92. The van der Waals surface area contributed by atoms with Gasteiger partial charge in [-0.2, -0.15) is 0 Å². The van der Waals surface area contributed by atoms with Crippen molar-refractivity contribution in [2.45, 2.75) is 52.4 Å². The normalized spacial score (nSPS) is 12.6. The molecule has 3 heteroatoms. The Morgan fingerprint density at radius 3 is 2.21 bits per heavy atom. The first kappa shape index (κ1) is 16.2. The Morgan fingerprint density at radius 1 is 1.16 bits per heavy atom. The van der Waals surface area contributed by atoms with E-state index in [0.717, 1.165) is 12.3 Å². The molecule has 1 aromatic carbocycles. The minimum Gasteiger partial charge on any atom is -0.348 e. The lowest BCUT2D eigenvalue weighted by Crippen LogP contribution is -2.27. The highest BCUT2D eigenvalue weighted by molar-refractivity contribution is 7.57. The standard InChI is InChI=1S/C16H27N2P/c1-7-14-10-8-9-11-15(14)16(17-6)18-19(12(2)3)13(4)5/h8-13H,7H2,1-6H3,(H,17,18). The van der Waals surface area contributed by atoms with Gasteiger partial charge in [-0.1, -0.05) is 58.9 Å². The second-order valence-corrected chi connectivity index (χ2v) is 8.39. The minimum absolute atomic E-state index is 0.246. The van der Waals surface area contributed by atoms with E-state index >= 15 is 0 Å². The zero-order chi connectivity index (χ0) is 14.4. The first-order valence-corrected chi connectivity index (χ1v) is 8.59. The summed E-state index contributed by atoms with van der Waals surface area (Å²) in [5.74, 6) is 1.05. The van der Waals surface area contributed by atoms with Gasteiger partial charge in [0.1, 0.15) is 5.84 Å². The highest BCUT2D eigenvalue weighted by Crippen LogP contribution is 2.42. The van der Waals surface area contributed by atoms with E-state index in [1.54, 1.807) is 0 Å². The van der Waals surface area contributed by atoms with Crippen molar-refractivity contribution in [1.82, 2.24) is 5.09 Å². The van der Waals surface area contributed by atoms with Gasteiger partial charge < -0.3 is 5.09 Å². The summed E-state index contributed by atoms with van der Waals surface area (Å²) in [7, 11) is 1.63. The monoisotopic (exact) mass is 278 g/mol. The molecule has 0 heterocycles. The molecule has 0 amide bonds. The molecular weight excluding hydrogens is 251 g/mol. The van der Waals surface area contributed by atoms with E-state index in [0.29, 0.717) is 11.3 Å². The molecule has 1 aromatic rings. The largest absolute Gasteiger partial charge is 0.348 e. The van der Waals surface area contributed by atoms with E-state index in [1.165, 1.54) is 11.1 Å². The third kappa shape index (κ3) is 4.31. The maximum absolute atomic E-state index is 4.49. The Morgan fingerprint density at radius 2 is 1.74 bits per heavy atom. The molecule has 0 aromatic heterocycles. The van der Waals surface area contributed by atoms with Crippen LogP contribution in [0.2, 0.25) is 0 Å². The minimum atomic E-state index is -0.246. The van der Waals surface area contributed by atoms with Crippen molar-refractivity contribution in [2.75, 3.05) is 7.05 Å². The number of hydrogen-bond acceptors (Lipinski definition) is 1. The van der Waals surface area contributed by atoms with Crippen LogP contribution in [0.25, 0.3) is 0 Å². The molecule has 1 rings (SSSR count). The van der Waals surface area contributed by atoms with Crippen molar-refractivity contribution in [3.05, 3.63) is 35.4 Å². The van der Waals surface area contributed by atoms with Crippen LogP contribution < -0.4 is 5.09 Å². The van der Waals surface area contributed by atoms with Gasteiger partial charge >= 0.3 is 0 Å². The quantitative estimate of drug-likeness (QED) is 0.481. The van der Waals surface area contributed by atoms with Gasteiger partial charge in [-0.15, -0.1) is 0 Å². The Balaban J connectivity index is 3.02. The Kier molecular flexibility index (Phi) is 6.51. The van der Waals surface area contributed by atoms with Crippen molar-refractivity contribution in [1.29, 1.82) is 0 Å². The molecule has 19 heavy (non-hydrogen) atoms. The molecule has 0 saturated heterocycles. The van der Waals surface area contributed by atoms with Crippen molar-refractivity contribution in [3.63, 3.8) is 0 Å². The smallest absolute Gasteiger partial charge is 0.131 e. The second kappa shape index (κ2) is 7.65. The third-order valence-electron chi connectivity index (χ3n) is 3.22. The molecule has 0 bridgehead atoms. The number of hydrogen-bond donors (Lipinski definition) is 1. The van der Waals surface area contributed by atoms with E-state index in [-0.39, 0.29) is 8.07 Å². The van der Waals surface area contributed by atoms with E-state index in [2.05, 4.69) is 69.0 Å². The molecule has 0 aliphatic carbocycles. The molecule has 0 saturated carbocycles. The van der Waals surface area contributed by atoms with Crippen LogP contribution in [0.4, 0.5) is 0 Å². The molecule has 0 fully saturated rings. The van der Waals surface area contributed by atoms with Crippen LogP contribution in [0.3, 0.4) is 0 Å². The number of amidine groups is 1. The molecule has 0 atom stereocenters. The summed E-state index contributed by atoms with van der Waals surface area (Å²) in [5, 5.41) is 3.71. The fraction of sp³-hybridized carbons (Fsp3) is 0.562. The lowest BCUT2D eigenvalue weighted by molar-refractivity contribution is 0.989. The van der Waals surface area contributed by atoms with Crippen LogP contribution in [0.1, 0.15) is 45.7 Å². The summed E-state index contributed by atoms with van der Waals surface area (Å²) in [6.45, 7) is 11.4. The highest BCUT2D eigenvalue weighted by atomic mass is 31.1. The van der Waals surface area contributed by atoms with Crippen LogP contribution in [0.15, 0.2) is 29.3 Å². The lowest BCUT2D eigenvalue weighted by atomic mass is 10.0. The van der Waals surface area contributed by atoms with Gasteiger partial charge in [0.25, 0.3) is 0 Å². The first-order chi connectivity index (χ1) is 9.01. The summed E-state index contributed by atoms with van der Waals surface area (Å²) in [6.07, 6.45) is 1.04. The highest BCUT2D eigenvalue weighted by Gasteiger charge is 2.19.